The van der Waals surface area contributed by atoms with Crippen molar-refractivity contribution in [3.05, 3.63) is 70.8 Å². The maximum Gasteiger partial charge on any atom is 0.284 e. The van der Waals surface area contributed by atoms with Crippen LogP contribution in [-0.2, 0) is 11.3 Å². The van der Waals surface area contributed by atoms with Crippen molar-refractivity contribution in [1.82, 2.24) is 24.5 Å². The largest absolute Gasteiger partial charge is 0.497 e. The molecule has 0 bridgehead atoms. The van der Waals surface area contributed by atoms with Gasteiger partial charge in [-0.15, -0.1) is 5.10 Å². The number of hydrogen-bond donors (Lipinski definition) is 1. The summed E-state index contributed by atoms with van der Waals surface area (Å²) in [6.45, 7) is 1.79. The van der Waals surface area contributed by atoms with Crippen molar-refractivity contribution in [2.45, 2.75) is 13.5 Å². The number of benzene rings is 2. The minimum Gasteiger partial charge on any atom is -0.497 e. The molecule has 0 unspecified atom stereocenters. The van der Waals surface area contributed by atoms with Gasteiger partial charge in [0.1, 0.15) is 18.6 Å². The Labute approximate surface area is 165 Å². The van der Waals surface area contributed by atoms with Gasteiger partial charge in [-0.3, -0.25) is 14.2 Å². The van der Waals surface area contributed by atoms with E-state index in [-0.39, 0.29) is 18.0 Å². The minimum absolute atomic E-state index is 0.0893. The number of carbonyl (C=O) groups is 1. The lowest BCUT2D eigenvalue weighted by atomic mass is 10.2. The maximum atomic E-state index is 12.7. The van der Waals surface area contributed by atoms with Gasteiger partial charge in [-0.25, -0.2) is 4.98 Å². The molecule has 146 valence electrons. The van der Waals surface area contributed by atoms with Gasteiger partial charge in [0, 0.05) is 5.69 Å². The van der Waals surface area contributed by atoms with Crippen LogP contribution in [0.15, 0.2) is 59.7 Å². The van der Waals surface area contributed by atoms with Crippen molar-refractivity contribution >= 4 is 22.8 Å². The number of carbonyl (C=O) groups excluding carboxylic acids is 1. The van der Waals surface area contributed by atoms with E-state index in [9.17, 15) is 9.59 Å². The smallest absolute Gasteiger partial charge is 0.284 e. The van der Waals surface area contributed by atoms with Gasteiger partial charge in [-0.05, 0) is 43.3 Å². The predicted molar refractivity (Wildman–Crippen MR) is 107 cm³/mol. The fourth-order valence-electron chi connectivity index (χ4n) is 2.85. The van der Waals surface area contributed by atoms with Crippen molar-refractivity contribution in [1.29, 1.82) is 0 Å². The van der Waals surface area contributed by atoms with E-state index in [1.165, 1.54) is 15.6 Å². The third-order valence-corrected chi connectivity index (χ3v) is 4.40. The van der Waals surface area contributed by atoms with Gasteiger partial charge in [0.05, 0.1) is 12.8 Å². The molecule has 0 fully saturated rings. The summed E-state index contributed by atoms with van der Waals surface area (Å²) in [6, 6.07) is 14.5. The van der Waals surface area contributed by atoms with Crippen molar-refractivity contribution < 1.29 is 9.53 Å². The molecule has 9 nitrogen and oxygen atoms in total. The molecule has 9 heteroatoms. The monoisotopic (exact) mass is 390 g/mol. The summed E-state index contributed by atoms with van der Waals surface area (Å²) < 4.78 is 7.81. The number of fused-ring (bicyclic) bond motifs is 1. The molecule has 2 aromatic carbocycles. The molecule has 4 rings (SSSR count). The zero-order chi connectivity index (χ0) is 20.4. The van der Waals surface area contributed by atoms with E-state index in [4.69, 9.17) is 4.74 Å². The van der Waals surface area contributed by atoms with E-state index in [1.54, 1.807) is 43.5 Å². The Kier molecular flexibility index (Phi) is 4.78. The lowest BCUT2D eigenvalue weighted by Gasteiger charge is -2.07. The number of anilines is 1. The Morgan fingerprint density at radius 1 is 1.10 bits per heavy atom. The Hall–Kier alpha value is -4.01. The zero-order valence-corrected chi connectivity index (χ0v) is 15.9. The highest BCUT2D eigenvalue weighted by atomic mass is 16.5. The standard InChI is InChI=1S/C20H18N6O3/c1-13-3-5-14(6-4-13)22-17(27)11-25-12-21-19-18(20(25)28)23-24-26(19)15-7-9-16(29-2)10-8-15/h3-10,12H,11H2,1-2H3,(H,22,27). The quantitative estimate of drug-likeness (QED) is 0.558. The molecule has 0 aliphatic rings. The van der Waals surface area contributed by atoms with Gasteiger partial charge in [0.15, 0.2) is 11.2 Å². The van der Waals surface area contributed by atoms with Crippen LogP contribution in [0.4, 0.5) is 5.69 Å². The third kappa shape index (κ3) is 3.70. The molecule has 1 amide bonds. The van der Waals surface area contributed by atoms with Gasteiger partial charge in [-0.1, -0.05) is 22.9 Å². The van der Waals surface area contributed by atoms with Gasteiger partial charge in [-0.2, -0.15) is 4.68 Å². The van der Waals surface area contributed by atoms with Crippen LogP contribution in [0.5, 0.6) is 5.75 Å². The fraction of sp³-hybridized carbons (Fsp3) is 0.150. The molecule has 0 saturated heterocycles. The number of ether oxygens (including phenoxy) is 1. The summed E-state index contributed by atoms with van der Waals surface area (Å²) in [5, 5.41) is 10.7. The first-order chi connectivity index (χ1) is 14.0. The van der Waals surface area contributed by atoms with Crippen LogP contribution in [0.2, 0.25) is 0 Å². The molecule has 1 N–H and O–H groups in total. The number of methoxy groups -OCH3 is 1. The van der Waals surface area contributed by atoms with Gasteiger partial charge >= 0.3 is 0 Å². The molecule has 0 spiro atoms. The van der Waals surface area contributed by atoms with Crippen molar-refractivity contribution in [2.75, 3.05) is 12.4 Å². The van der Waals surface area contributed by atoms with Crippen LogP contribution < -0.4 is 15.6 Å². The molecule has 2 aromatic heterocycles. The topological polar surface area (TPSA) is 104 Å². The lowest BCUT2D eigenvalue weighted by molar-refractivity contribution is -0.116. The average molecular weight is 390 g/mol. The molecular formula is C20H18N6O3. The summed E-state index contributed by atoms with van der Waals surface area (Å²) in [7, 11) is 1.58. The molecule has 0 saturated carbocycles. The SMILES string of the molecule is COc1ccc(-n2nnc3c(=O)n(CC(=O)Nc4ccc(C)cc4)cnc32)cc1. The fourth-order valence-corrected chi connectivity index (χ4v) is 2.85. The maximum absolute atomic E-state index is 12.7. The van der Waals surface area contributed by atoms with E-state index in [0.29, 0.717) is 22.8 Å². The van der Waals surface area contributed by atoms with Crippen LogP contribution in [0.25, 0.3) is 16.9 Å². The summed E-state index contributed by atoms with van der Waals surface area (Å²) in [4.78, 5) is 29.3. The highest BCUT2D eigenvalue weighted by Crippen LogP contribution is 2.16. The Morgan fingerprint density at radius 3 is 2.52 bits per heavy atom. The van der Waals surface area contributed by atoms with Gasteiger partial charge in [0.2, 0.25) is 5.91 Å². The van der Waals surface area contributed by atoms with E-state index in [1.807, 2.05) is 19.1 Å². The van der Waals surface area contributed by atoms with Crippen LogP contribution in [-0.4, -0.2) is 37.6 Å². The van der Waals surface area contributed by atoms with Crippen molar-refractivity contribution in [2.24, 2.45) is 0 Å². The highest BCUT2D eigenvalue weighted by molar-refractivity contribution is 5.90. The van der Waals surface area contributed by atoms with Gasteiger partial charge in [0.25, 0.3) is 5.56 Å². The van der Waals surface area contributed by atoms with Crippen LogP contribution in [0, 0.1) is 6.92 Å². The zero-order valence-electron chi connectivity index (χ0n) is 15.9. The molecule has 0 aliphatic carbocycles. The average Bonchev–Trinajstić information content (AvgIpc) is 3.17. The molecule has 0 atom stereocenters. The predicted octanol–water partition coefficient (Wildman–Crippen LogP) is 1.93. The highest BCUT2D eigenvalue weighted by Gasteiger charge is 2.15. The van der Waals surface area contributed by atoms with Crippen LogP contribution in [0.1, 0.15) is 5.56 Å². The number of rotatable bonds is 5. The summed E-state index contributed by atoms with van der Waals surface area (Å²) >= 11 is 0. The molecule has 4 aromatic rings. The van der Waals surface area contributed by atoms with Crippen molar-refractivity contribution in [3.63, 3.8) is 0 Å². The third-order valence-electron chi connectivity index (χ3n) is 4.40. The second kappa shape index (κ2) is 7.55. The first-order valence-electron chi connectivity index (χ1n) is 8.87. The molecular weight excluding hydrogens is 372 g/mol. The molecule has 0 aliphatic heterocycles. The second-order valence-corrected chi connectivity index (χ2v) is 6.46. The van der Waals surface area contributed by atoms with Crippen LogP contribution >= 0.6 is 0 Å². The molecule has 29 heavy (non-hydrogen) atoms. The number of aryl methyl sites for hydroxylation is 1. The Bertz CT molecular complexity index is 1230. The van der Waals surface area contributed by atoms with E-state index < -0.39 is 5.56 Å². The first kappa shape index (κ1) is 18.4. The number of nitrogens with one attached hydrogen (secondary N) is 1. The number of amides is 1. The Balaban J connectivity index is 1.58. The van der Waals surface area contributed by atoms with E-state index in [0.717, 1.165) is 5.56 Å². The summed E-state index contributed by atoms with van der Waals surface area (Å²) in [5.41, 5.74) is 2.41. The lowest BCUT2D eigenvalue weighted by Crippen LogP contribution is -2.28. The molecule has 0 radical (unpaired) electrons. The van der Waals surface area contributed by atoms with E-state index >= 15 is 0 Å². The summed E-state index contributed by atoms with van der Waals surface area (Å²) in [5.74, 6) is 0.368. The number of nitrogens with zero attached hydrogens (tertiary/aromatic N) is 5. The summed E-state index contributed by atoms with van der Waals surface area (Å²) in [6.07, 6.45) is 1.32. The van der Waals surface area contributed by atoms with Crippen molar-refractivity contribution in [3.8, 4) is 11.4 Å². The minimum atomic E-state index is -0.436. The Morgan fingerprint density at radius 2 is 1.83 bits per heavy atom. The van der Waals surface area contributed by atoms with E-state index in [2.05, 4.69) is 20.6 Å². The number of hydrogen-bond acceptors (Lipinski definition) is 6. The van der Waals surface area contributed by atoms with Crippen LogP contribution in [0.3, 0.4) is 0 Å². The number of aromatic nitrogens is 5. The first-order valence-corrected chi connectivity index (χ1v) is 8.87. The second-order valence-electron chi connectivity index (χ2n) is 6.46. The van der Waals surface area contributed by atoms with Gasteiger partial charge < -0.3 is 10.1 Å². The normalized spacial score (nSPS) is 10.8. The molecule has 2 heterocycles.